The van der Waals surface area contributed by atoms with E-state index in [9.17, 15) is 8.78 Å². The van der Waals surface area contributed by atoms with Gasteiger partial charge in [0, 0.05) is 6.04 Å². The number of benzene rings is 2. The second-order valence-electron chi connectivity index (χ2n) is 5.05. The van der Waals surface area contributed by atoms with Crippen molar-refractivity contribution in [3.05, 3.63) is 59.7 Å². The number of aryl methyl sites for hydroxylation is 1. The lowest BCUT2D eigenvalue weighted by Gasteiger charge is -2.10. The van der Waals surface area contributed by atoms with Gasteiger partial charge in [0.1, 0.15) is 0 Å². The summed E-state index contributed by atoms with van der Waals surface area (Å²) < 4.78 is 26.1. The predicted octanol–water partition coefficient (Wildman–Crippen LogP) is 4.17. The molecule has 3 heteroatoms. The molecule has 0 saturated carbocycles. The molecule has 0 amide bonds. The second kappa shape index (κ2) is 6.62. The van der Waals surface area contributed by atoms with Crippen LogP contribution in [0.15, 0.2) is 42.5 Å². The Morgan fingerprint density at radius 2 is 1.60 bits per heavy atom. The Bertz CT molecular complexity index is 564. The van der Waals surface area contributed by atoms with Gasteiger partial charge < -0.3 is 5.32 Å². The van der Waals surface area contributed by atoms with E-state index in [2.05, 4.69) is 12.2 Å². The molecule has 0 aromatic heterocycles. The van der Waals surface area contributed by atoms with Crippen LogP contribution in [0.5, 0.6) is 0 Å². The predicted molar refractivity (Wildman–Crippen MR) is 78.6 cm³/mol. The summed E-state index contributed by atoms with van der Waals surface area (Å²) in [6.45, 7) is 2.15. The molecule has 0 heterocycles. The van der Waals surface area contributed by atoms with Gasteiger partial charge in [0.15, 0.2) is 11.6 Å². The van der Waals surface area contributed by atoms with Crippen LogP contribution < -0.4 is 5.32 Å². The van der Waals surface area contributed by atoms with Crippen LogP contribution in [0.3, 0.4) is 0 Å². The smallest absolute Gasteiger partial charge is 0.159 e. The molecule has 0 saturated heterocycles. The molecule has 106 valence electrons. The molecule has 1 atom stereocenters. The van der Waals surface area contributed by atoms with E-state index in [1.165, 1.54) is 11.6 Å². The van der Waals surface area contributed by atoms with E-state index in [0.29, 0.717) is 11.6 Å². The Balaban J connectivity index is 2.09. The first kappa shape index (κ1) is 14.7. The average Bonchev–Trinajstić information content (AvgIpc) is 2.48. The topological polar surface area (TPSA) is 12.0 Å². The lowest BCUT2D eigenvalue weighted by Crippen LogP contribution is -2.21. The van der Waals surface area contributed by atoms with E-state index in [0.717, 1.165) is 24.5 Å². The summed E-state index contributed by atoms with van der Waals surface area (Å²) >= 11 is 0. The van der Waals surface area contributed by atoms with E-state index >= 15 is 0 Å². The Labute approximate surface area is 118 Å². The van der Waals surface area contributed by atoms with E-state index in [1.807, 2.05) is 31.3 Å². The summed E-state index contributed by atoms with van der Waals surface area (Å²) in [6, 6.07) is 12.5. The van der Waals surface area contributed by atoms with Crippen LogP contribution in [0.4, 0.5) is 8.78 Å². The summed E-state index contributed by atoms with van der Waals surface area (Å²) in [4.78, 5) is 0. The van der Waals surface area contributed by atoms with Crippen LogP contribution in [0.2, 0.25) is 0 Å². The monoisotopic (exact) mass is 275 g/mol. The van der Waals surface area contributed by atoms with Crippen molar-refractivity contribution >= 4 is 0 Å². The summed E-state index contributed by atoms with van der Waals surface area (Å²) in [5, 5.41) is 3.21. The first-order valence-electron chi connectivity index (χ1n) is 6.82. The Morgan fingerprint density at radius 1 is 0.950 bits per heavy atom. The van der Waals surface area contributed by atoms with E-state index < -0.39 is 11.6 Å². The van der Waals surface area contributed by atoms with Gasteiger partial charge >= 0.3 is 0 Å². The van der Waals surface area contributed by atoms with Crippen LogP contribution in [-0.2, 0) is 6.42 Å². The van der Waals surface area contributed by atoms with E-state index in [1.54, 1.807) is 6.07 Å². The SMILES string of the molecule is CNC(C)CCc1ccc(-c2ccc(F)c(F)c2)cc1. The molecule has 1 nitrogen and oxygen atoms in total. The minimum absolute atomic E-state index is 0.487. The maximum atomic E-state index is 13.2. The maximum absolute atomic E-state index is 13.2. The molecule has 1 N–H and O–H groups in total. The highest BCUT2D eigenvalue weighted by molar-refractivity contribution is 5.63. The molecular weight excluding hydrogens is 256 g/mol. The van der Waals surface area contributed by atoms with Crippen molar-refractivity contribution < 1.29 is 8.78 Å². The van der Waals surface area contributed by atoms with Crippen LogP contribution in [0, 0.1) is 11.6 Å². The highest BCUT2D eigenvalue weighted by Gasteiger charge is 2.05. The molecular formula is C17H19F2N. The molecule has 0 aliphatic carbocycles. The average molecular weight is 275 g/mol. The molecule has 20 heavy (non-hydrogen) atoms. The third-order valence-electron chi connectivity index (χ3n) is 3.57. The van der Waals surface area contributed by atoms with Gasteiger partial charge in [-0.1, -0.05) is 30.3 Å². The van der Waals surface area contributed by atoms with Crippen molar-refractivity contribution in [1.82, 2.24) is 5.32 Å². The summed E-state index contributed by atoms with van der Waals surface area (Å²) in [6.07, 6.45) is 2.07. The molecule has 0 radical (unpaired) electrons. The van der Waals surface area contributed by atoms with Gasteiger partial charge in [-0.15, -0.1) is 0 Å². The van der Waals surface area contributed by atoms with Gasteiger partial charge in [0.2, 0.25) is 0 Å². The molecule has 2 aromatic carbocycles. The molecule has 2 rings (SSSR count). The number of nitrogens with one attached hydrogen (secondary N) is 1. The van der Waals surface area contributed by atoms with Gasteiger partial charge in [-0.2, -0.15) is 0 Å². The summed E-state index contributed by atoms with van der Waals surface area (Å²) in [5.74, 6) is -1.62. The molecule has 0 aliphatic heterocycles. The molecule has 0 aliphatic rings. The van der Waals surface area contributed by atoms with Crippen LogP contribution in [0.25, 0.3) is 11.1 Å². The van der Waals surface area contributed by atoms with Crippen LogP contribution >= 0.6 is 0 Å². The third kappa shape index (κ3) is 3.64. The van der Waals surface area contributed by atoms with E-state index in [4.69, 9.17) is 0 Å². The van der Waals surface area contributed by atoms with Crippen molar-refractivity contribution in [3.63, 3.8) is 0 Å². The Morgan fingerprint density at radius 3 is 2.20 bits per heavy atom. The zero-order valence-corrected chi connectivity index (χ0v) is 11.8. The van der Waals surface area contributed by atoms with Crippen molar-refractivity contribution in [2.24, 2.45) is 0 Å². The summed E-state index contributed by atoms with van der Waals surface area (Å²) in [7, 11) is 1.96. The molecule has 1 unspecified atom stereocenters. The van der Waals surface area contributed by atoms with Crippen molar-refractivity contribution in [2.45, 2.75) is 25.8 Å². The maximum Gasteiger partial charge on any atom is 0.159 e. The zero-order valence-electron chi connectivity index (χ0n) is 11.8. The van der Waals surface area contributed by atoms with Crippen molar-refractivity contribution in [1.29, 1.82) is 0 Å². The number of hydrogen-bond acceptors (Lipinski definition) is 1. The lowest BCUT2D eigenvalue weighted by molar-refractivity contribution is 0.509. The minimum Gasteiger partial charge on any atom is -0.317 e. The minimum atomic E-state index is -0.813. The van der Waals surface area contributed by atoms with Gasteiger partial charge in [-0.25, -0.2) is 8.78 Å². The highest BCUT2D eigenvalue weighted by Crippen LogP contribution is 2.22. The largest absolute Gasteiger partial charge is 0.317 e. The molecule has 2 aromatic rings. The fourth-order valence-electron chi connectivity index (χ4n) is 2.07. The second-order valence-corrected chi connectivity index (χ2v) is 5.05. The zero-order chi connectivity index (χ0) is 14.5. The number of halogens is 2. The van der Waals surface area contributed by atoms with Gasteiger partial charge in [-0.05, 0) is 55.6 Å². The first-order valence-corrected chi connectivity index (χ1v) is 6.82. The Kier molecular flexibility index (Phi) is 4.85. The molecule has 0 fully saturated rings. The molecule has 0 bridgehead atoms. The van der Waals surface area contributed by atoms with Gasteiger partial charge in [0.25, 0.3) is 0 Å². The standard InChI is InChI=1S/C17H19F2N/c1-12(20-2)3-4-13-5-7-14(8-6-13)15-9-10-16(18)17(19)11-15/h5-12,20H,3-4H2,1-2H3. The normalized spacial score (nSPS) is 12.4. The van der Waals surface area contributed by atoms with Gasteiger partial charge in [-0.3, -0.25) is 0 Å². The van der Waals surface area contributed by atoms with Crippen molar-refractivity contribution in [2.75, 3.05) is 7.05 Å². The highest BCUT2D eigenvalue weighted by atomic mass is 19.2. The van der Waals surface area contributed by atoms with Crippen molar-refractivity contribution in [3.8, 4) is 11.1 Å². The molecule has 0 spiro atoms. The number of rotatable bonds is 5. The third-order valence-corrected chi connectivity index (χ3v) is 3.57. The fourth-order valence-corrected chi connectivity index (χ4v) is 2.07. The summed E-state index contributed by atoms with van der Waals surface area (Å²) in [5.41, 5.74) is 2.84. The lowest BCUT2D eigenvalue weighted by atomic mass is 10.0. The van der Waals surface area contributed by atoms with E-state index in [-0.39, 0.29) is 0 Å². The fraction of sp³-hybridized carbons (Fsp3) is 0.294. The quantitative estimate of drug-likeness (QED) is 0.863. The number of hydrogen-bond donors (Lipinski definition) is 1. The van der Waals surface area contributed by atoms with Crippen LogP contribution in [-0.4, -0.2) is 13.1 Å². The van der Waals surface area contributed by atoms with Gasteiger partial charge in [0.05, 0.1) is 0 Å². The Hall–Kier alpha value is -1.74. The first-order chi connectivity index (χ1) is 9.60. The van der Waals surface area contributed by atoms with Crippen LogP contribution in [0.1, 0.15) is 18.9 Å².